The van der Waals surface area contributed by atoms with Gasteiger partial charge < -0.3 is 9.47 Å². The minimum atomic E-state index is -4.43. The van der Waals surface area contributed by atoms with Crippen LogP contribution in [0.2, 0.25) is 0 Å². The fraction of sp³-hybridized carbons (Fsp3) is 0.333. The number of fused-ring (bicyclic) bond motifs is 1. The highest BCUT2D eigenvalue weighted by Crippen LogP contribution is 2.39. The van der Waals surface area contributed by atoms with E-state index in [0.29, 0.717) is 30.4 Å². The lowest BCUT2D eigenvalue weighted by atomic mass is 9.96. The van der Waals surface area contributed by atoms with E-state index in [9.17, 15) is 18.0 Å². The number of amides is 1. The summed E-state index contributed by atoms with van der Waals surface area (Å²) in [6.07, 6.45) is -4.58. The average molecular weight is 404 g/mol. The molecule has 0 N–H and O–H groups in total. The number of hydrogen-bond donors (Lipinski definition) is 0. The van der Waals surface area contributed by atoms with Crippen LogP contribution in [0.25, 0.3) is 11.1 Å². The molecule has 5 nitrogen and oxygen atoms in total. The summed E-state index contributed by atoms with van der Waals surface area (Å²) in [6, 6.07) is 9.23. The third-order valence-corrected chi connectivity index (χ3v) is 4.96. The molecule has 0 bridgehead atoms. The molecule has 2 aliphatic rings. The second-order valence-electron chi connectivity index (χ2n) is 7.15. The summed E-state index contributed by atoms with van der Waals surface area (Å²) in [5.74, 6) is -0.675. The van der Waals surface area contributed by atoms with E-state index in [2.05, 4.69) is 5.10 Å². The van der Waals surface area contributed by atoms with Crippen molar-refractivity contribution < 1.29 is 27.4 Å². The fourth-order valence-electron chi connectivity index (χ4n) is 3.59. The molecule has 29 heavy (non-hydrogen) atoms. The number of rotatable bonds is 3. The van der Waals surface area contributed by atoms with Crippen molar-refractivity contribution in [1.29, 1.82) is 0 Å². The first-order valence-electron chi connectivity index (χ1n) is 9.19. The van der Waals surface area contributed by atoms with Crippen LogP contribution in [0.3, 0.4) is 0 Å². The number of hydrogen-bond acceptors (Lipinski definition) is 4. The van der Waals surface area contributed by atoms with E-state index in [4.69, 9.17) is 9.47 Å². The van der Waals surface area contributed by atoms with Gasteiger partial charge in [0.25, 0.3) is 5.91 Å². The standard InChI is InChI=1S/C21H19F3N2O3/c1-12-7-13(2)17(26-20(27)15(11-25-26)10-21(22,23)24)9-16(12)14-3-4-18-19(8-14)29-6-5-28-18/h3-4,7-9,11,15H,5-6,10H2,1-2H3. The average Bonchev–Trinajstić information content (AvgIpc) is 3.00. The zero-order valence-electron chi connectivity index (χ0n) is 15.9. The first kappa shape index (κ1) is 19.3. The minimum absolute atomic E-state index is 0.464. The molecule has 1 amide bonds. The van der Waals surface area contributed by atoms with Crippen LogP contribution in [0.15, 0.2) is 35.4 Å². The highest BCUT2D eigenvalue weighted by Gasteiger charge is 2.40. The van der Waals surface area contributed by atoms with Gasteiger partial charge in [-0.3, -0.25) is 4.79 Å². The Morgan fingerprint density at radius 2 is 1.79 bits per heavy atom. The number of benzene rings is 2. The third-order valence-electron chi connectivity index (χ3n) is 4.96. The maximum Gasteiger partial charge on any atom is 0.390 e. The molecule has 1 unspecified atom stereocenters. The topological polar surface area (TPSA) is 51.1 Å². The lowest BCUT2D eigenvalue weighted by Gasteiger charge is -2.21. The molecule has 0 saturated heterocycles. The third kappa shape index (κ3) is 3.79. The van der Waals surface area contributed by atoms with Crippen molar-refractivity contribution in [3.63, 3.8) is 0 Å². The summed E-state index contributed by atoms with van der Waals surface area (Å²) in [6.45, 7) is 4.70. The summed E-state index contributed by atoms with van der Waals surface area (Å²) < 4.78 is 49.3. The number of carbonyl (C=O) groups is 1. The smallest absolute Gasteiger partial charge is 0.390 e. The molecule has 1 atom stereocenters. The molecule has 2 heterocycles. The molecule has 0 spiro atoms. The van der Waals surface area contributed by atoms with Crippen LogP contribution < -0.4 is 14.5 Å². The summed E-state index contributed by atoms with van der Waals surface area (Å²) in [7, 11) is 0. The maximum atomic E-state index is 12.7. The monoisotopic (exact) mass is 404 g/mol. The summed E-state index contributed by atoms with van der Waals surface area (Å²) in [5, 5.41) is 5.02. The van der Waals surface area contributed by atoms with Crippen molar-refractivity contribution in [3.05, 3.63) is 41.5 Å². The van der Waals surface area contributed by atoms with Crippen molar-refractivity contribution in [2.24, 2.45) is 11.0 Å². The fourth-order valence-corrected chi connectivity index (χ4v) is 3.59. The number of ether oxygens (including phenoxy) is 2. The van der Waals surface area contributed by atoms with Crippen LogP contribution >= 0.6 is 0 Å². The Labute approximate surface area is 165 Å². The van der Waals surface area contributed by atoms with Gasteiger partial charge in [0.05, 0.1) is 18.0 Å². The second-order valence-corrected chi connectivity index (χ2v) is 7.15. The number of carbonyl (C=O) groups excluding carboxylic acids is 1. The van der Waals surface area contributed by atoms with E-state index in [1.165, 1.54) is 0 Å². The highest BCUT2D eigenvalue weighted by molar-refractivity contribution is 6.08. The van der Waals surface area contributed by atoms with E-state index >= 15 is 0 Å². The van der Waals surface area contributed by atoms with Crippen LogP contribution in [-0.2, 0) is 4.79 Å². The lowest BCUT2D eigenvalue weighted by molar-refractivity contribution is -0.147. The van der Waals surface area contributed by atoms with Gasteiger partial charge in [-0.1, -0.05) is 12.1 Å². The van der Waals surface area contributed by atoms with Crippen molar-refractivity contribution in [3.8, 4) is 22.6 Å². The van der Waals surface area contributed by atoms with Crippen molar-refractivity contribution in [1.82, 2.24) is 0 Å². The van der Waals surface area contributed by atoms with Crippen LogP contribution in [0.5, 0.6) is 11.5 Å². The Hall–Kier alpha value is -3.03. The lowest BCUT2D eigenvalue weighted by Crippen LogP contribution is -2.29. The first-order chi connectivity index (χ1) is 13.7. The number of aryl methyl sites for hydroxylation is 2. The molecule has 0 aliphatic carbocycles. The van der Waals surface area contributed by atoms with E-state index in [1.54, 1.807) is 13.0 Å². The molecular weight excluding hydrogens is 385 g/mol. The number of alkyl halides is 3. The maximum absolute atomic E-state index is 12.7. The molecule has 0 aromatic heterocycles. The zero-order valence-corrected chi connectivity index (χ0v) is 15.9. The van der Waals surface area contributed by atoms with E-state index in [-0.39, 0.29) is 0 Å². The largest absolute Gasteiger partial charge is 0.486 e. The van der Waals surface area contributed by atoms with Gasteiger partial charge in [0.1, 0.15) is 13.2 Å². The zero-order chi connectivity index (χ0) is 20.8. The second kappa shape index (κ2) is 7.09. The number of hydrazone groups is 1. The Morgan fingerprint density at radius 1 is 1.07 bits per heavy atom. The number of nitrogens with zero attached hydrogens (tertiary/aromatic N) is 2. The van der Waals surface area contributed by atoms with Gasteiger partial charge in [-0.2, -0.15) is 18.3 Å². The molecule has 2 aliphatic heterocycles. The van der Waals surface area contributed by atoms with Crippen molar-refractivity contribution in [2.75, 3.05) is 18.2 Å². The predicted octanol–water partition coefficient (Wildman–Crippen LogP) is 4.64. The Bertz CT molecular complexity index is 1000. The van der Waals surface area contributed by atoms with E-state index in [0.717, 1.165) is 33.5 Å². The normalized spacial score (nSPS) is 18.4. The van der Waals surface area contributed by atoms with Crippen LogP contribution in [0, 0.1) is 19.8 Å². The van der Waals surface area contributed by atoms with Crippen LogP contribution in [0.1, 0.15) is 17.5 Å². The van der Waals surface area contributed by atoms with Gasteiger partial charge in [-0.25, -0.2) is 5.01 Å². The quantitative estimate of drug-likeness (QED) is 0.749. The minimum Gasteiger partial charge on any atom is -0.486 e. The Kier molecular flexibility index (Phi) is 4.72. The molecule has 0 saturated carbocycles. The number of anilines is 1. The Balaban J connectivity index is 1.69. The summed E-state index contributed by atoms with van der Waals surface area (Å²) >= 11 is 0. The molecule has 152 valence electrons. The van der Waals surface area contributed by atoms with Gasteiger partial charge in [-0.15, -0.1) is 0 Å². The molecule has 2 aromatic rings. The molecule has 0 radical (unpaired) electrons. The summed E-state index contributed by atoms with van der Waals surface area (Å²) in [4.78, 5) is 12.5. The van der Waals surface area contributed by atoms with Crippen LogP contribution in [0.4, 0.5) is 18.9 Å². The van der Waals surface area contributed by atoms with Gasteiger partial charge in [0.2, 0.25) is 0 Å². The van der Waals surface area contributed by atoms with Gasteiger partial charge in [-0.05, 0) is 54.3 Å². The van der Waals surface area contributed by atoms with E-state index in [1.807, 2.05) is 31.2 Å². The first-order valence-corrected chi connectivity index (χ1v) is 9.19. The molecule has 2 aromatic carbocycles. The molecular formula is C21H19F3N2O3. The van der Waals surface area contributed by atoms with Crippen LogP contribution in [-0.4, -0.2) is 31.5 Å². The SMILES string of the molecule is Cc1cc(C)c(N2N=CC(CC(F)(F)F)C2=O)cc1-c1ccc2c(c1)OCCO2. The van der Waals surface area contributed by atoms with Crippen molar-refractivity contribution >= 4 is 17.8 Å². The van der Waals surface area contributed by atoms with Crippen molar-refractivity contribution in [2.45, 2.75) is 26.4 Å². The molecule has 4 rings (SSSR count). The molecule has 0 fully saturated rings. The van der Waals surface area contributed by atoms with Gasteiger partial charge >= 0.3 is 6.18 Å². The molecule has 8 heteroatoms. The summed E-state index contributed by atoms with van der Waals surface area (Å²) in [5.41, 5.74) is 3.87. The predicted molar refractivity (Wildman–Crippen MR) is 102 cm³/mol. The van der Waals surface area contributed by atoms with Gasteiger partial charge in [0, 0.05) is 6.21 Å². The highest BCUT2D eigenvalue weighted by atomic mass is 19.4. The van der Waals surface area contributed by atoms with Gasteiger partial charge in [0.15, 0.2) is 11.5 Å². The van der Waals surface area contributed by atoms with E-state index < -0.39 is 24.4 Å². The number of halogens is 3. The Morgan fingerprint density at radius 3 is 2.52 bits per heavy atom.